The topological polar surface area (TPSA) is 68.1 Å². The summed E-state index contributed by atoms with van der Waals surface area (Å²) in [6, 6.07) is 1.44. The third-order valence-electron chi connectivity index (χ3n) is 1.97. The summed E-state index contributed by atoms with van der Waals surface area (Å²) in [6.07, 6.45) is 1.52. The van der Waals surface area contributed by atoms with Gasteiger partial charge in [-0.15, -0.1) is 0 Å². The third-order valence-corrected chi connectivity index (χ3v) is 2.26. The number of hydrogen-bond donors (Lipinski definition) is 1. The maximum absolute atomic E-state index is 10.5. The lowest BCUT2D eigenvalue weighted by Gasteiger charge is -2.09. The van der Waals surface area contributed by atoms with Crippen molar-refractivity contribution in [2.24, 2.45) is 0 Å². The molecule has 1 rings (SSSR count). The van der Waals surface area contributed by atoms with Gasteiger partial charge in [0.05, 0.1) is 4.92 Å². The highest BCUT2D eigenvalue weighted by atomic mass is 35.5. The fourth-order valence-corrected chi connectivity index (χ4v) is 1.16. The van der Waals surface area contributed by atoms with Gasteiger partial charge < -0.3 is 5.32 Å². The molecule has 0 saturated heterocycles. The van der Waals surface area contributed by atoms with Crippen LogP contribution in [-0.2, 0) is 0 Å². The highest BCUT2D eigenvalue weighted by Gasteiger charge is 2.16. The van der Waals surface area contributed by atoms with Crippen LogP contribution in [0.15, 0.2) is 12.3 Å². The molecule has 14 heavy (non-hydrogen) atoms. The SMILES string of the molecule is CN[C@H](C)c1cnc(Cl)c([N+](=O)[O-])c1. The van der Waals surface area contributed by atoms with Crippen LogP contribution in [0, 0.1) is 10.1 Å². The molecule has 0 saturated carbocycles. The first-order valence-electron chi connectivity index (χ1n) is 4.03. The highest BCUT2D eigenvalue weighted by molar-refractivity contribution is 6.31. The molecule has 5 nitrogen and oxygen atoms in total. The summed E-state index contributed by atoms with van der Waals surface area (Å²) in [7, 11) is 1.77. The zero-order chi connectivity index (χ0) is 10.7. The van der Waals surface area contributed by atoms with E-state index in [1.807, 2.05) is 6.92 Å². The van der Waals surface area contributed by atoms with E-state index in [9.17, 15) is 10.1 Å². The fourth-order valence-electron chi connectivity index (χ4n) is 0.984. The van der Waals surface area contributed by atoms with Gasteiger partial charge in [-0.05, 0) is 19.5 Å². The average Bonchev–Trinajstić information content (AvgIpc) is 2.17. The molecule has 0 unspecified atom stereocenters. The van der Waals surface area contributed by atoms with E-state index < -0.39 is 4.92 Å². The van der Waals surface area contributed by atoms with Crippen LogP contribution >= 0.6 is 11.6 Å². The Labute approximate surface area is 86.3 Å². The van der Waals surface area contributed by atoms with E-state index in [4.69, 9.17) is 11.6 Å². The summed E-state index contributed by atoms with van der Waals surface area (Å²) in [4.78, 5) is 13.8. The number of nitrogens with zero attached hydrogens (tertiary/aromatic N) is 2. The van der Waals surface area contributed by atoms with Crippen molar-refractivity contribution in [2.45, 2.75) is 13.0 Å². The molecule has 1 aromatic rings. The quantitative estimate of drug-likeness (QED) is 0.475. The molecule has 0 spiro atoms. The summed E-state index contributed by atoms with van der Waals surface area (Å²) in [5, 5.41) is 13.4. The number of pyridine rings is 1. The second kappa shape index (κ2) is 4.34. The molecule has 0 fully saturated rings. The minimum Gasteiger partial charge on any atom is -0.313 e. The normalized spacial score (nSPS) is 12.5. The molecule has 0 bridgehead atoms. The minimum atomic E-state index is -0.540. The molecule has 0 radical (unpaired) electrons. The summed E-state index contributed by atoms with van der Waals surface area (Å²) >= 11 is 5.57. The van der Waals surface area contributed by atoms with Gasteiger partial charge in [-0.3, -0.25) is 10.1 Å². The Morgan fingerprint density at radius 2 is 2.36 bits per heavy atom. The molecule has 0 aromatic carbocycles. The van der Waals surface area contributed by atoms with E-state index in [-0.39, 0.29) is 16.9 Å². The van der Waals surface area contributed by atoms with Crippen molar-refractivity contribution in [2.75, 3.05) is 7.05 Å². The first-order chi connectivity index (χ1) is 6.56. The number of hydrogen-bond acceptors (Lipinski definition) is 4. The standard InChI is InChI=1S/C8H10ClN3O2/c1-5(10-2)6-3-7(12(13)14)8(9)11-4-6/h3-5,10H,1-2H3/t5-/m1/s1. The van der Waals surface area contributed by atoms with E-state index in [0.717, 1.165) is 5.56 Å². The minimum absolute atomic E-state index is 0.0125. The number of nitrogens with one attached hydrogen (secondary N) is 1. The maximum Gasteiger partial charge on any atom is 0.306 e. The van der Waals surface area contributed by atoms with Crippen molar-refractivity contribution in [3.8, 4) is 0 Å². The Kier molecular flexibility index (Phi) is 3.38. The Hall–Kier alpha value is -1.20. The monoisotopic (exact) mass is 215 g/mol. The fraction of sp³-hybridized carbons (Fsp3) is 0.375. The molecule has 1 N–H and O–H groups in total. The molecule has 0 aliphatic rings. The van der Waals surface area contributed by atoms with Crippen LogP contribution in [0.1, 0.15) is 18.5 Å². The molecule has 1 heterocycles. The smallest absolute Gasteiger partial charge is 0.306 e. The lowest BCUT2D eigenvalue weighted by Crippen LogP contribution is -2.12. The Bertz CT molecular complexity index is 356. The van der Waals surface area contributed by atoms with Crippen molar-refractivity contribution in [3.63, 3.8) is 0 Å². The second-order valence-electron chi connectivity index (χ2n) is 2.85. The van der Waals surface area contributed by atoms with Gasteiger partial charge >= 0.3 is 5.69 Å². The maximum atomic E-state index is 10.5. The molecule has 1 aromatic heterocycles. The molecule has 0 aliphatic carbocycles. The van der Waals surface area contributed by atoms with Crippen molar-refractivity contribution in [1.82, 2.24) is 10.3 Å². The largest absolute Gasteiger partial charge is 0.313 e. The lowest BCUT2D eigenvalue weighted by molar-refractivity contribution is -0.385. The number of aromatic nitrogens is 1. The predicted octanol–water partition coefficient (Wildman–Crippen LogP) is 1.92. The summed E-state index contributed by atoms with van der Waals surface area (Å²) < 4.78 is 0. The van der Waals surface area contributed by atoms with Crippen molar-refractivity contribution in [1.29, 1.82) is 0 Å². The lowest BCUT2D eigenvalue weighted by atomic mass is 10.1. The predicted molar refractivity (Wildman–Crippen MR) is 53.4 cm³/mol. The van der Waals surface area contributed by atoms with Crippen LogP contribution in [0.3, 0.4) is 0 Å². The summed E-state index contributed by atoms with van der Waals surface area (Å²) in [6.45, 7) is 1.88. The van der Waals surface area contributed by atoms with Gasteiger partial charge in [0, 0.05) is 18.3 Å². The van der Waals surface area contributed by atoms with E-state index in [1.54, 1.807) is 7.05 Å². The second-order valence-corrected chi connectivity index (χ2v) is 3.20. The molecule has 6 heteroatoms. The summed E-state index contributed by atoms with van der Waals surface area (Å²) in [5.41, 5.74) is 0.579. The zero-order valence-corrected chi connectivity index (χ0v) is 8.58. The van der Waals surface area contributed by atoms with Gasteiger partial charge in [-0.2, -0.15) is 0 Å². The number of nitro groups is 1. The van der Waals surface area contributed by atoms with E-state index >= 15 is 0 Å². The van der Waals surface area contributed by atoms with Gasteiger partial charge in [-0.1, -0.05) is 11.6 Å². The van der Waals surface area contributed by atoms with Crippen LogP contribution in [0.5, 0.6) is 0 Å². The molecule has 0 aliphatic heterocycles. The molecule has 1 atom stereocenters. The van der Waals surface area contributed by atoms with Gasteiger partial charge in [0.15, 0.2) is 0 Å². The van der Waals surface area contributed by atoms with E-state index in [1.165, 1.54) is 12.3 Å². The van der Waals surface area contributed by atoms with Crippen LogP contribution in [-0.4, -0.2) is 17.0 Å². The number of rotatable bonds is 3. The third kappa shape index (κ3) is 2.18. The zero-order valence-electron chi connectivity index (χ0n) is 7.82. The van der Waals surface area contributed by atoms with Gasteiger partial charge in [0.1, 0.15) is 0 Å². The Morgan fingerprint density at radius 3 is 2.86 bits per heavy atom. The molecule has 76 valence electrons. The van der Waals surface area contributed by atoms with Crippen LogP contribution in [0.4, 0.5) is 5.69 Å². The Balaban J connectivity index is 3.12. The van der Waals surface area contributed by atoms with Gasteiger partial charge in [-0.25, -0.2) is 4.98 Å². The van der Waals surface area contributed by atoms with Gasteiger partial charge in [0.2, 0.25) is 5.15 Å². The first kappa shape index (κ1) is 10.9. The molecular formula is C8H10ClN3O2. The van der Waals surface area contributed by atoms with Crippen molar-refractivity contribution < 1.29 is 4.92 Å². The van der Waals surface area contributed by atoms with Crippen molar-refractivity contribution in [3.05, 3.63) is 33.1 Å². The number of halogens is 1. The average molecular weight is 216 g/mol. The van der Waals surface area contributed by atoms with E-state index in [0.29, 0.717) is 0 Å². The Morgan fingerprint density at radius 1 is 1.71 bits per heavy atom. The molecule has 0 amide bonds. The van der Waals surface area contributed by atoms with Gasteiger partial charge in [0.25, 0.3) is 0 Å². The first-order valence-corrected chi connectivity index (χ1v) is 4.41. The van der Waals surface area contributed by atoms with Crippen LogP contribution < -0.4 is 5.32 Å². The van der Waals surface area contributed by atoms with Crippen LogP contribution in [0.25, 0.3) is 0 Å². The highest BCUT2D eigenvalue weighted by Crippen LogP contribution is 2.24. The van der Waals surface area contributed by atoms with Crippen LogP contribution in [0.2, 0.25) is 5.15 Å². The molecular weight excluding hydrogens is 206 g/mol. The summed E-state index contributed by atoms with van der Waals surface area (Å²) in [5.74, 6) is 0. The van der Waals surface area contributed by atoms with E-state index in [2.05, 4.69) is 10.3 Å². The van der Waals surface area contributed by atoms with Crippen molar-refractivity contribution >= 4 is 17.3 Å².